The number of anilines is 1. The van der Waals surface area contributed by atoms with Crippen LogP contribution in [0.15, 0.2) is 17.2 Å². The molecule has 6 heteroatoms. The number of hydrogen-bond acceptors (Lipinski definition) is 5. The lowest BCUT2D eigenvalue weighted by molar-refractivity contribution is 0.288. The predicted molar refractivity (Wildman–Crippen MR) is 62.3 cm³/mol. The normalized spacial score (nSPS) is 14.6. The highest BCUT2D eigenvalue weighted by Crippen LogP contribution is 2.12. The second kappa shape index (κ2) is 5.77. The molecule has 1 rings (SSSR count). The summed E-state index contributed by atoms with van der Waals surface area (Å²) in [6.07, 6.45) is 4.92. The van der Waals surface area contributed by atoms with E-state index in [1.165, 1.54) is 12.4 Å². The number of aliphatic hydroxyl groups is 1. The number of nitrogens with zero attached hydrogens (tertiary/aromatic N) is 1. The summed E-state index contributed by atoms with van der Waals surface area (Å²) >= 11 is 1.55. The van der Waals surface area contributed by atoms with Crippen LogP contribution >= 0.6 is 11.8 Å². The minimum atomic E-state index is -0.248. The van der Waals surface area contributed by atoms with Gasteiger partial charge in [0.2, 0.25) is 0 Å². The van der Waals surface area contributed by atoms with E-state index in [1.807, 2.05) is 13.2 Å². The van der Waals surface area contributed by atoms with Crippen LogP contribution in [0.2, 0.25) is 0 Å². The molecule has 0 spiro atoms. The Bertz CT molecular complexity index is 351. The minimum Gasteiger partial charge on any atom is -0.395 e. The molecular weight excluding hydrogens is 214 g/mol. The van der Waals surface area contributed by atoms with E-state index in [-0.39, 0.29) is 29.3 Å². The van der Waals surface area contributed by atoms with Gasteiger partial charge in [-0.1, -0.05) is 0 Å². The molecule has 0 amide bonds. The largest absolute Gasteiger partial charge is 0.395 e. The molecule has 0 aromatic carbocycles. The smallest absolute Gasteiger partial charge is 0.290 e. The van der Waals surface area contributed by atoms with Crippen LogP contribution < -0.4 is 10.9 Å². The van der Waals surface area contributed by atoms with Gasteiger partial charge in [0, 0.05) is 23.7 Å². The van der Waals surface area contributed by atoms with E-state index < -0.39 is 0 Å². The minimum absolute atomic E-state index is 0.0130. The summed E-state index contributed by atoms with van der Waals surface area (Å²) < 4.78 is 0. The Morgan fingerprint density at radius 1 is 1.73 bits per heavy atom. The van der Waals surface area contributed by atoms with Gasteiger partial charge < -0.3 is 15.4 Å². The van der Waals surface area contributed by atoms with Crippen LogP contribution in [-0.4, -0.2) is 39.2 Å². The zero-order valence-corrected chi connectivity index (χ0v) is 9.54. The highest BCUT2D eigenvalue weighted by molar-refractivity contribution is 7.99. The first-order chi connectivity index (χ1) is 7.19. The van der Waals surface area contributed by atoms with Gasteiger partial charge in [-0.25, -0.2) is 4.98 Å². The number of aromatic amines is 1. The lowest BCUT2D eigenvalue weighted by Crippen LogP contribution is -2.33. The van der Waals surface area contributed by atoms with E-state index in [0.717, 1.165) is 0 Å². The third-order valence-electron chi connectivity index (χ3n) is 2.11. The number of H-pyrrole nitrogens is 1. The zero-order valence-electron chi connectivity index (χ0n) is 8.73. The number of nitrogens with one attached hydrogen (secondary N) is 2. The fourth-order valence-electron chi connectivity index (χ4n) is 1.20. The second-order valence-corrected chi connectivity index (χ2v) is 4.23. The van der Waals surface area contributed by atoms with Crippen molar-refractivity contribution in [3.8, 4) is 0 Å². The number of aromatic nitrogens is 2. The van der Waals surface area contributed by atoms with E-state index >= 15 is 0 Å². The maximum Gasteiger partial charge on any atom is 0.290 e. The van der Waals surface area contributed by atoms with Gasteiger partial charge in [-0.2, -0.15) is 11.8 Å². The van der Waals surface area contributed by atoms with Crippen molar-refractivity contribution in [3.63, 3.8) is 0 Å². The maximum atomic E-state index is 11.3. The van der Waals surface area contributed by atoms with E-state index in [2.05, 4.69) is 15.3 Å². The Morgan fingerprint density at radius 3 is 3.00 bits per heavy atom. The molecule has 3 N–H and O–H groups in total. The summed E-state index contributed by atoms with van der Waals surface area (Å²) in [5, 5.41) is 12.1. The van der Waals surface area contributed by atoms with E-state index in [4.69, 9.17) is 5.11 Å². The Hall–Kier alpha value is -1.01. The SMILES string of the molecule is CSC(CO)C(C)Nc1ncc[nH]c1=O. The summed E-state index contributed by atoms with van der Waals surface area (Å²) in [5.74, 6) is 0.289. The fourth-order valence-corrected chi connectivity index (χ4v) is 1.83. The van der Waals surface area contributed by atoms with Gasteiger partial charge in [0.15, 0.2) is 5.82 Å². The predicted octanol–water partition coefficient (Wildman–Crippen LogP) is 0.294. The summed E-state index contributed by atoms with van der Waals surface area (Å²) in [7, 11) is 0. The molecule has 0 saturated carbocycles. The average molecular weight is 229 g/mol. The molecule has 0 aliphatic carbocycles. The number of hydrogen-bond donors (Lipinski definition) is 3. The van der Waals surface area contributed by atoms with Gasteiger partial charge in [0.25, 0.3) is 5.56 Å². The van der Waals surface area contributed by atoms with Crippen LogP contribution in [0.5, 0.6) is 0 Å². The molecule has 0 fully saturated rings. The fraction of sp³-hybridized carbons (Fsp3) is 0.556. The average Bonchev–Trinajstić information content (AvgIpc) is 2.23. The van der Waals surface area contributed by atoms with E-state index in [9.17, 15) is 4.79 Å². The van der Waals surface area contributed by atoms with Crippen molar-refractivity contribution in [1.29, 1.82) is 0 Å². The van der Waals surface area contributed by atoms with Gasteiger partial charge in [-0.3, -0.25) is 4.79 Å². The van der Waals surface area contributed by atoms with Crippen LogP contribution in [0.1, 0.15) is 6.92 Å². The lowest BCUT2D eigenvalue weighted by atomic mass is 10.2. The third-order valence-corrected chi connectivity index (χ3v) is 3.28. The highest BCUT2D eigenvalue weighted by Gasteiger charge is 2.16. The lowest BCUT2D eigenvalue weighted by Gasteiger charge is -2.21. The van der Waals surface area contributed by atoms with Crippen LogP contribution in [0.25, 0.3) is 0 Å². The topological polar surface area (TPSA) is 78.0 Å². The molecule has 0 bridgehead atoms. The number of aliphatic hydroxyl groups excluding tert-OH is 1. The van der Waals surface area contributed by atoms with Crippen LogP contribution in [-0.2, 0) is 0 Å². The quantitative estimate of drug-likeness (QED) is 0.676. The molecular formula is C9H15N3O2S. The van der Waals surface area contributed by atoms with Gasteiger partial charge in [0.1, 0.15) is 0 Å². The van der Waals surface area contributed by atoms with Crippen molar-refractivity contribution < 1.29 is 5.11 Å². The molecule has 0 radical (unpaired) electrons. The molecule has 0 aliphatic heterocycles. The highest BCUT2D eigenvalue weighted by atomic mass is 32.2. The molecule has 2 unspecified atom stereocenters. The second-order valence-electron chi connectivity index (χ2n) is 3.16. The number of thioether (sulfide) groups is 1. The monoisotopic (exact) mass is 229 g/mol. The van der Waals surface area contributed by atoms with Crippen LogP contribution in [0.3, 0.4) is 0 Å². The van der Waals surface area contributed by atoms with E-state index in [1.54, 1.807) is 11.8 Å². The molecule has 84 valence electrons. The molecule has 0 saturated heterocycles. The summed E-state index contributed by atoms with van der Waals surface area (Å²) in [4.78, 5) is 17.8. The standard InChI is InChI=1S/C9H15N3O2S/c1-6(7(5-13)15-2)12-8-9(14)11-4-3-10-8/h3-4,6-7,13H,5H2,1-2H3,(H,10,12)(H,11,14). The van der Waals surface area contributed by atoms with Gasteiger partial charge in [-0.05, 0) is 13.2 Å². The van der Waals surface area contributed by atoms with Gasteiger partial charge in [0.05, 0.1) is 6.61 Å². The first-order valence-electron chi connectivity index (χ1n) is 4.63. The zero-order chi connectivity index (χ0) is 11.3. The molecule has 5 nitrogen and oxygen atoms in total. The van der Waals surface area contributed by atoms with Crippen molar-refractivity contribution in [2.45, 2.75) is 18.2 Å². The van der Waals surface area contributed by atoms with Crippen LogP contribution in [0, 0.1) is 0 Å². The third kappa shape index (κ3) is 3.24. The Balaban J connectivity index is 2.70. The summed E-state index contributed by atoms with van der Waals surface area (Å²) in [6.45, 7) is 1.98. The van der Waals surface area contributed by atoms with Crippen molar-refractivity contribution in [3.05, 3.63) is 22.7 Å². The summed E-state index contributed by atoms with van der Waals surface area (Å²) in [6, 6.07) is -0.0130. The van der Waals surface area contributed by atoms with E-state index in [0.29, 0.717) is 0 Å². The molecule has 2 atom stereocenters. The van der Waals surface area contributed by atoms with Crippen molar-refractivity contribution >= 4 is 17.6 Å². The Morgan fingerprint density at radius 2 is 2.47 bits per heavy atom. The van der Waals surface area contributed by atoms with Gasteiger partial charge >= 0.3 is 0 Å². The molecule has 1 heterocycles. The first kappa shape index (κ1) is 12.1. The Kier molecular flexibility index (Phi) is 4.64. The maximum absolute atomic E-state index is 11.3. The first-order valence-corrected chi connectivity index (χ1v) is 5.91. The van der Waals surface area contributed by atoms with Crippen molar-refractivity contribution in [1.82, 2.24) is 9.97 Å². The molecule has 15 heavy (non-hydrogen) atoms. The molecule has 1 aromatic rings. The Labute approximate surface area is 92.3 Å². The molecule has 0 aliphatic rings. The summed E-state index contributed by atoms with van der Waals surface area (Å²) in [5.41, 5.74) is -0.248. The van der Waals surface area contributed by atoms with Gasteiger partial charge in [-0.15, -0.1) is 0 Å². The molecule has 1 aromatic heterocycles. The van der Waals surface area contributed by atoms with Crippen LogP contribution in [0.4, 0.5) is 5.82 Å². The van der Waals surface area contributed by atoms with Crippen molar-refractivity contribution in [2.75, 3.05) is 18.2 Å². The number of rotatable bonds is 5. The van der Waals surface area contributed by atoms with Crippen molar-refractivity contribution in [2.24, 2.45) is 0 Å².